The van der Waals surface area contributed by atoms with Gasteiger partial charge in [-0.15, -0.1) is 6.58 Å². The van der Waals surface area contributed by atoms with Gasteiger partial charge in [0.05, 0.1) is 5.41 Å². The summed E-state index contributed by atoms with van der Waals surface area (Å²) in [4.78, 5) is 11.0. The van der Waals surface area contributed by atoms with Gasteiger partial charge in [-0.2, -0.15) is 0 Å². The highest BCUT2D eigenvalue weighted by atomic mass is 19.1. The van der Waals surface area contributed by atoms with E-state index in [1.165, 1.54) is 13.0 Å². The van der Waals surface area contributed by atoms with Gasteiger partial charge in [0.15, 0.2) is 0 Å². The molecular weight excluding hydrogens is 214 g/mol. The first-order valence-corrected chi connectivity index (χ1v) is 4.69. The van der Waals surface area contributed by atoms with Crippen LogP contribution in [0.5, 0.6) is 0 Å². The van der Waals surface area contributed by atoms with Crippen LogP contribution in [0.4, 0.5) is 8.78 Å². The molecular formula is C12H12F2O2. The normalized spacial score (nSPS) is 14.2. The van der Waals surface area contributed by atoms with Gasteiger partial charge in [0, 0.05) is 6.07 Å². The summed E-state index contributed by atoms with van der Waals surface area (Å²) in [5.41, 5.74) is -0.928. The number of carboxylic acids is 1. The quantitative estimate of drug-likeness (QED) is 0.801. The molecule has 0 saturated heterocycles. The van der Waals surface area contributed by atoms with E-state index in [0.717, 1.165) is 18.2 Å². The minimum Gasteiger partial charge on any atom is -0.481 e. The fourth-order valence-corrected chi connectivity index (χ4v) is 1.37. The first-order valence-electron chi connectivity index (χ1n) is 4.69. The molecule has 0 aromatic heterocycles. The van der Waals surface area contributed by atoms with Crippen molar-refractivity contribution in [3.63, 3.8) is 0 Å². The van der Waals surface area contributed by atoms with Crippen molar-refractivity contribution >= 4 is 5.97 Å². The Labute approximate surface area is 92.2 Å². The average Bonchev–Trinajstić information content (AvgIpc) is 2.15. The van der Waals surface area contributed by atoms with Gasteiger partial charge < -0.3 is 5.11 Å². The highest BCUT2D eigenvalue weighted by Crippen LogP contribution is 2.25. The van der Waals surface area contributed by atoms with E-state index in [9.17, 15) is 13.6 Å². The van der Waals surface area contributed by atoms with Crippen LogP contribution in [-0.4, -0.2) is 11.1 Å². The maximum atomic E-state index is 12.9. The van der Waals surface area contributed by atoms with Crippen LogP contribution in [0.3, 0.4) is 0 Å². The summed E-state index contributed by atoms with van der Waals surface area (Å²) >= 11 is 0. The van der Waals surface area contributed by atoms with Crippen LogP contribution < -0.4 is 0 Å². The van der Waals surface area contributed by atoms with E-state index in [2.05, 4.69) is 6.58 Å². The molecule has 2 nitrogen and oxygen atoms in total. The van der Waals surface area contributed by atoms with E-state index >= 15 is 0 Å². The number of halogens is 2. The zero-order valence-corrected chi connectivity index (χ0v) is 8.84. The summed E-state index contributed by atoms with van der Waals surface area (Å²) < 4.78 is 25.8. The molecule has 0 radical (unpaired) electrons. The van der Waals surface area contributed by atoms with Gasteiger partial charge in [0.1, 0.15) is 11.6 Å². The molecule has 1 rings (SSSR count). The molecule has 0 aliphatic heterocycles. The lowest BCUT2D eigenvalue weighted by Gasteiger charge is -2.20. The summed E-state index contributed by atoms with van der Waals surface area (Å²) in [7, 11) is 0. The number of hydrogen-bond acceptors (Lipinski definition) is 1. The monoisotopic (exact) mass is 226 g/mol. The Morgan fingerprint density at radius 1 is 1.44 bits per heavy atom. The predicted octanol–water partition coefficient (Wildman–Crippen LogP) is 2.78. The zero-order valence-electron chi connectivity index (χ0n) is 8.84. The zero-order chi connectivity index (χ0) is 12.3. The van der Waals surface area contributed by atoms with Gasteiger partial charge in [-0.3, -0.25) is 4.79 Å². The molecule has 0 spiro atoms. The van der Waals surface area contributed by atoms with E-state index in [4.69, 9.17) is 5.11 Å². The van der Waals surface area contributed by atoms with Gasteiger partial charge in [-0.25, -0.2) is 8.78 Å². The van der Waals surface area contributed by atoms with Crippen molar-refractivity contribution in [2.75, 3.05) is 0 Å². The Kier molecular flexibility index (Phi) is 3.42. The van der Waals surface area contributed by atoms with Gasteiger partial charge in [-0.1, -0.05) is 6.08 Å². The van der Waals surface area contributed by atoms with Crippen LogP contribution in [0, 0.1) is 17.0 Å². The molecule has 16 heavy (non-hydrogen) atoms. The molecule has 1 atom stereocenters. The minimum absolute atomic E-state index is 0.000509. The van der Waals surface area contributed by atoms with Gasteiger partial charge in [0.25, 0.3) is 0 Å². The molecule has 0 fully saturated rings. The fourth-order valence-electron chi connectivity index (χ4n) is 1.37. The minimum atomic E-state index is -1.22. The van der Waals surface area contributed by atoms with Crippen molar-refractivity contribution in [3.05, 3.63) is 48.1 Å². The molecule has 4 heteroatoms. The molecule has 0 aliphatic rings. The van der Waals surface area contributed by atoms with Crippen molar-refractivity contribution in [2.24, 2.45) is 5.41 Å². The third-order valence-corrected chi connectivity index (χ3v) is 2.43. The van der Waals surface area contributed by atoms with Crippen LogP contribution in [0.1, 0.15) is 12.5 Å². The Morgan fingerprint density at radius 3 is 2.31 bits per heavy atom. The van der Waals surface area contributed by atoms with Crippen LogP contribution in [0.2, 0.25) is 0 Å². The van der Waals surface area contributed by atoms with Crippen LogP contribution in [-0.2, 0) is 11.2 Å². The fraction of sp³-hybridized carbons (Fsp3) is 0.250. The third-order valence-electron chi connectivity index (χ3n) is 2.43. The van der Waals surface area contributed by atoms with E-state index < -0.39 is 23.0 Å². The van der Waals surface area contributed by atoms with Crippen LogP contribution in [0.25, 0.3) is 0 Å². The standard InChI is InChI=1S/C12H12F2O2/c1-3-12(2,11(15)16)7-8-4-9(13)6-10(14)5-8/h3-6H,1,7H2,2H3,(H,15,16). The van der Waals surface area contributed by atoms with Crippen molar-refractivity contribution in [1.29, 1.82) is 0 Å². The molecule has 1 aromatic rings. The van der Waals surface area contributed by atoms with Crippen molar-refractivity contribution in [2.45, 2.75) is 13.3 Å². The van der Waals surface area contributed by atoms with E-state index in [0.29, 0.717) is 5.56 Å². The summed E-state index contributed by atoms with van der Waals surface area (Å²) in [5.74, 6) is -2.51. The van der Waals surface area contributed by atoms with Crippen molar-refractivity contribution < 1.29 is 18.7 Å². The number of carboxylic acid groups (broad SMARTS) is 1. The third kappa shape index (κ3) is 2.66. The molecule has 1 aromatic carbocycles. The van der Waals surface area contributed by atoms with Gasteiger partial charge in [0.2, 0.25) is 0 Å². The van der Waals surface area contributed by atoms with Crippen LogP contribution >= 0.6 is 0 Å². The SMILES string of the molecule is C=CC(C)(Cc1cc(F)cc(F)c1)C(=O)O. The Bertz CT molecular complexity index is 409. The number of rotatable bonds is 4. The number of benzene rings is 1. The van der Waals surface area contributed by atoms with Gasteiger partial charge in [-0.05, 0) is 31.0 Å². The lowest BCUT2D eigenvalue weighted by Crippen LogP contribution is -2.27. The Morgan fingerprint density at radius 2 is 1.94 bits per heavy atom. The maximum Gasteiger partial charge on any atom is 0.313 e. The van der Waals surface area contributed by atoms with Crippen molar-refractivity contribution in [1.82, 2.24) is 0 Å². The van der Waals surface area contributed by atoms with E-state index in [-0.39, 0.29) is 6.42 Å². The Hall–Kier alpha value is -1.71. The van der Waals surface area contributed by atoms with Crippen LogP contribution in [0.15, 0.2) is 30.9 Å². The first kappa shape index (κ1) is 12.4. The van der Waals surface area contributed by atoms with E-state index in [1.807, 2.05) is 0 Å². The number of carbonyl (C=O) groups is 1. The lowest BCUT2D eigenvalue weighted by atomic mass is 9.84. The lowest BCUT2D eigenvalue weighted by molar-refractivity contribution is -0.145. The highest BCUT2D eigenvalue weighted by Gasteiger charge is 2.29. The highest BCUT2D eigenvalue weighted by molar-refractivity contribution is 5.76. The molecule has 0 amide bonds. The second kappa shape index (κ2) is 4.43. The molecule has 0 bridgehead atoms. The average molecular weight is 226 g/mol. The first-order chi connectivity index (χ1) is 7.37. The second-order valence-corrected chi connectivity index (χ2v) is 3.88. The smallest absolute Gasteiger partial charge is 0.313 e. The number of aliphatic carboxylic acids is 1. The maximum absolute atomic E-state index is 12.9. The summed E-state index contributed by atoms with van der Waals surface area (Å²) in [6.45, 7) is 4.88. The predicted molar refractivity (Wildman–Crippen MR) is 56.0 cm³/mol. The molecule has 0 saturated carbocycles. The molecule has 0 aliphatic carbocycles. The van der Waals surface area contributed by atoms with Crippen molar-refractivity contribution in [3.8, 4) is 0 Å². The second-order valence-electron chi connectivity index (χ2n) is 3.88. The Balaban J connectivity index is 3.03. The van der Waals surface area contributed by atoms with E-state index in [1.54, 1.807) is 0 Å². The van der Waals surface area contributed by atoms with Gasteiger partial charge >= 0.3 is 5.97 Å². The topological polar surface area (TPSA) is 37.3 Å². The molecule has 1 N–H and O–H groups in total. The molecule has 0 heterocycles. The molecule has 1 unspecified atom stereocenters. The summed E-state index contributed by atoms with van der Waals surface area (Å²) in [6.07, 6.45) is 1.26. The summed E-state index contributed by atoms with van der Waals surface area (Å²) in [5, 5.41) is 8.97. The summed E-state index contributed by atoms with van der Waals surface area (Å²) in [6, 6.07) is 2.98. The molecule has 86 valence electrons. The largest absolute Gasteiger partial charge is 0.481 e. The number of hydrogen-bond donors (Lipinski definition) is 1.